The predicted octanol–water partition coefficient (Wildman–Crippen LogP) is 16.2. The second-order valence-electron chi connectivity index (χ2n) is 16.0. The lowest BCUT2D eigenvalue weighted by atomic mass is 10.1. The minimum Gasteiger partial charge on any atom is -0.462 e. The summed E-state index contributed by atoms with van der Waals surface area (Å²) in [5.74, 6) is -1.08. The number of esters is 3. The number of ether oxygens (including phenoxy) is 3. The molecular formula is C55H90O6. The third kappa shape index (κ3) is 47.2. The zero-order valence-electron chi connectivity index (χ0n) is 39.4. The molecule has 0 aliphatic carbocycles. The fourth-order valence-corrected chi connectivity index (χ4v) is 6.41. The summed E-state index contributed by atoms with van der Waals surface area (Å²) in [7, 11) is 0. The zero-order chi connectivity index (χ0) is 44.4. The molecule has 0 N–H and O–H groups in total. The van der Waals surface area contributed by atoms with Gasteiger partial charge in [-0.3, -0.25) is 14.4 Å². The molecule has 0 aromatic carbocycles. The lowest BCUT2D eigenvalue weighted by Crippen LogP contribution is -2.30. The summed E-state index contributed by atoms with van der Waals surface area (Å²) in [5.41, 5.74) is 0. The van der Waals surface area contributed by atoms with Gasteiger partial charge in [0.1, 0.15) is 13.2 Å². The van der Waals surface area contributed by atoms with E-state index in [-0.39, 0.29) is 31.6 Å². The number of hydrogen-bond acceptors (Lipinski definition) is 6. The minimum absolute atomic E-state index is 0.0933. The van der Waals surface area contributed by atoms with Crippen LogP contribution in [0.3, 0.4) is 0 Å². The average molecular weight is 847 g/mol. The van der Waals surface area contributed by atoms with Crippen molar-refractivity contribution < 1.29 is 28.6 Å². The number of carbonyl (C=O) groups is 3. The molecule has 6 heteroatoms. The van der Waals surface area contributed by atoms with Crippen LogP contribution < -0.4 is 0 Å². The van der Waals surface area contributed by atoms with E-state index in [2.05, 4.69) is 106 Å². The second kappa shape index (κ2) is 49.0. The first kappa shape index (κ1) is 57.3. The Morgan fingerprint density at radius 3 is 1.08 bits per heavy atom. The maximum atomic E-state index is 12.6. The SMILES string of the molecule is CC/C=C\C/C=C\C/C=C\C/C=C\C/C=C\CC(=O)OC(COC(=O)CCCCCCC)COC(=O)CCCCCCCCCC/C=C\C/C=C\C/C=C\CCCCCCC. The molecule has 0 aliphatic rings. The van der Waals surface area contributed by atoms with E-state index in [1.165, 1.54) is 70.6 Å². The van der Waals surface area contributed by atoms with Gasteiger partial charge < -0.3 is 14.2 Å². The molecule has 0 saturated carbocycles. The Hall–Kier alpha value is -3.67. The molecule has 0 aromatic rings. The average Bonchev–Trinajstić information content (AvgIpc) is 3.26. The van der Waals surface area contributed by atoms with Crippen molar-refractivity contribution in [3.63, 3.8) is 0 Å². The summed E-state index contributed by atoms with van der Waals surface area (Å²) >= 11 is 0. The van der Waals surface area contributed by atoms with Crippen molar-refractivity contribution in [1.82, 2.24) is 0 Å². The number of carbonyl (C=O) groups excluding carboxylic acids is 3. The highest BCUT2D eigenvalue weighted by molar-refractivity contribution is 5.72. The molecule has 1 unspecified atom stereocenters. The molecule has 0 saturated heterocycles. The first-order valence-corrected chi connectivity index (χ1v) is 24.7. The largest absolute Gasteiger partial charge is 0.462 e. The number of rotatable bonds is 43. The van der Waals surface area contributed by atoms with Gasteiger partial charge in [0.05, 0.1) is 6.42 Å². The van der Waals surface area contributed by atoms with Crippen LogP contribution in [0.5, 0.6) is 0 Å². The molecule has 346 valence electrons. The molecular weight excluding hydrogens is 757 g/mol. The third-order valence-corrected chi connectivity index (χ3v) is 10.1. The summed E-state index contributed by atoms with van der Waals surface area (Å²) in [5, 5.41) is 0. The quantitative estimate of drug-likeness (QED) is 0.0263. The molecule has 0 aliphatic heterocycles. The molecule has 0 bridgehead atoms. The summed E-state index contributed by atoms with van der Waals surface area (Å²) in [6.45, 7) is 6.31. The normalized spacial score (nSPS) is 12.9. The van der Waals surface area contributed by atoms with Crippen LogP contribution in [-0.4, -0.2) is 37.2 Å². The number of hydrogen-bond donors (Lipinski definition) is 0. The van der Waals surface area contributed by atoms with Crippen molar-refractivity contribution in [3.8, 4) is 0 Å². The van der Waals surface area contributed by atoms with E-state index in [9.17, 15) is 14.4 Å². The Morgan fingerprint density at radius 1 is 0.361 bits per heavy atom. The Kier molecular flexibility index (Phi) is 46.0. The molecule has 0 radical (unpaired) electrons. The summed E-state index contributed by atoms with van der Waals surface area (Å²) in [6, 6.07) is 0. The van der Waals surface area contributed by atoms with Gasteiger partial charge in [-0.2, -0.15) is 0 Å². The molecule has 0 amide bonds. The van der Waals surface area contributed by atoms with Crippen LogP contribution in [0.25, 0.3) is 0 Å². The smallest absolute Gasteiger partial charge is 0.310 e. The number of unbranched alkanes of at least 4 members (excludes halogenated alkanes) is 17. The molecule has 1 atom stereocenters. The van der Waals surface area contributed by atoms with Crippen molar-refractivity contribution in [2.45, 2.75) is 219 Å². The second-order valence-corrected chi connectivity index (χ2v) is 16.0. The van der Waals surface area contributed by atoms with Gasteiger partial charge in [-0.15, -0.1) is 0 Å². The van der Waals surface area contributed by atoms with E-state index in [1.807, 2.05) is 6.08 Å². The maximum absolute atomic E-state index is 12.6. The van der Waals surface area contributed by atoms with Crippen molar-refractivity contribution in [2.75, 3.05) is 13.2 Å². The third-order valence-electron chi connectivity index (χ3n) is 10.1. The van der Waals surface area contributed by atoms with Crippen molar-refractivity contribution in [2.24, 2.45) is 0 Å². The summed E-state index contributed by atoms with van der Waals surface area (Å²) in [6.07, 6.45) is 64.6. The monoisotopic (exact) mass is 847 g/mol. The van der Waals surface area contributed by atoms with E-state index in [4.69, 9.17) is 14.2 Å². The Morgan fingerprint density at radius 2 is 0.689 bits per heavy atom. The van der Waals surface area contributed by atoms with Gasteiger partial charge in [0.25, 0.3) is 0 Å². The van der Waals surface area contributed by atoms with Crippen LogP contribution >= 0.6 is 0 Å². The van der Waals surface area contributed by atoms with E-state index in [0.717, 1.165) is 103 Å². The predicted molar refractivity (Wildman–Crippen MR) is 260 cm³/mol. The van der Waals surface area contributed by atoms with Crippen LogP contribution in [0.2, 0.25) is 0 Å². The van der Waals surface area contributed by atoms with Gasteiger partial charge >= 0.3 is 17.9 Å². The zero-order valence-corrected chi connectivity index (χ0v) is 39.4. The highest BCUT2D eigenvalue weighted by atomic mass is 16.6. The molecule has 61 heavy (non-hydrogen) atoms. The van der Waals surface area contributed by atoms with Crippen LogP contribution in [0.1, 0.15) is 213 Å². The summed E-state index contributed by atoms with van der Waals surface area (Å²) < 4.78 is 16.5. The fraction of sp³-hybridized carbons (Fsp3) is 0.655. The van der Waals surface area contributed by atoms with Gasteiger partial charge in [-0.25, -0.2) is 0 Å². The van der Waals surface area contributed by atoms with E-state index < -0.39 is 12.1 Å². The topological polar surface area (TPSA) is 78.9 Å². The van der Waals surface area contributed by atoms with Gasteiger partial charge in [0.15, 0.2) is 6.10 Å². The van der Waals surface area contributed by atoms with Crippen molar-refractivity contribution in [3.05, 3.63) is 97.2 Å². The van der Waals surface area contributed by atoms with E-state index in [1.54, 1.807) is 6.08 Å². The molecule has 0 aromatic heterocycles. The van der Waals surface area contributed by atoms with E-state index >= 15 is 0 Å². The fourth-order valence-electron chi connectivity index (χ4n) is 6.41. The van der Waals surface area contributed by atoms with Gasteiger partial charge in [-0.05, 0) is 83.5 Å². The first-order valence-electron chi connectivity index (χ1n) is 24.7. The molecule has 0 spiro atoms. The Balaban J connectivity index is 4.27. The molecule has 0 heterocycles. The minimum atomic E-state index is -0.831. The van der Waals surface area contributed by atoms with Crippen LogP contribution in [0.15, 0.2) is 97.2 Å². The summed E-state index contributed by atoms with van der Waals surface area (Å²) in [4.78, 5) is 37.5. The number of allylic oxidation sites excluding steroid dienone is 15. The first-order chi connectivity index (χ1) is 30.0. The Labute approximate surface area is 375 Å². The molecule has 6 nitrogen and oxygen atoms in total. The van der Waals surface area contributed by atoms with Crippen LogP contribution in [0.4, 0.5) is 0 Å². The lowest BCUT2D eigenvalue weighted by molar-refractivity contribution is -0.166. The van der Waals surface area contributed by atoms with E-state index in [0.29, 0.717) is 12.8 Å². The molecule has 0 rings (SSSR count). The van der Waals surface area contributed by atoms with Crippen molar-refractivity contribution in [1.29, 1.82) is 0 Å². The van der Waals surface area contributed by atoms with Crippen LogP contribution in [0, 0.1) is 0 Å². The Bertz CT molecular complexity index is 1250. The van der Waals surface area contributed by atoms with Crippen molar-refractivity contribution >= 4 is 17.9 Å². The lowest BCUT2D eigenvalue weighted by Gasteiger charge is -2.18. The molecule has 0 fully saturated rings. The van der Waals surface area contributed by atoms with Gasteiger partial charge in [0, 0.05) is 12.8 Å². The highest BCUT2D eigenvalue weighted by Gasteiger charge is 2.19. The highest BCUT2D eigenvalue weighted by Crippen LogP contribution is 2.13. The standard InChI is InChI=1S/C55H90O6/c1-4-7-10-13-15-17-19-21-23-24-25-26-27-28-29-30-32-33-35-37-39-42-45-48-54(57)60-51-52(50-59-53(56)47-44-41-12-9-6-3)61-55(58)49-46-43-40-38-36-34-31-22-20-18-16-14-11-8-5-2/h8,11,16,18-19,21-22,24-25,27-28,31,36,38,43,46,52H,4-7,9-10,12-15,17,20,23,26,29-30,32-35,37,39-42,44-45,47-51H2,1-3H3/b11-8-,18-16-,21-19-,25-24-,28-27-,31-22-,38-36-,46-43-. The van der Waals surface area contributed by atoms with Gasteiger partial charge in [-0.1, -0.05) is 208 Å². The van der Waals surface area contributed by atoms with Gasteiger partial charge in [0.2, 0.25) is 0 Å². The van der Waals surface area contributed by atoms with Crippen LogP contribution in [-0.2, 0) is 28.6 Å². The maximum Gasteiger partial charge on any atom is 0.310 e.